The van der Waals surface area contributed by atoms with Crippen LogP contribution in [-0.4, -0.2) is 28.6 Å². The van der Waals surface area contributed by atoms with Crippen molar-refractivity contribution in [3.63, 3.8) is 0 Å². The molecule has 0 radical (unpaired) electrons. The first kappa shape index (κ1) is 15.8. The first-order chi connectivity index (χ1) is 11.0. The predicted molar refractivity (Wildman–Crippen MR) is 89.1 cm³/mol. The van der Waals surface area contributed by atoms with Crippen molar-refractivity contribution >= 4 is 5.97 Å². The van der Waals surface area contributed by atoms with Crippen LogP contribution in [0, 0.1) is 12.8 Å². The molecule has 0 saturated carbocycles. The maximum atomic E-state index is 11.2. The molecule has 0 aliphatic carbocycles. The van der Waals surface area contributed by atoms with E-state index in [4.69, 9.17) is 4.42 Å². The minimum absolute atomic E-state index is 0.266. The maximum absolute atomic E-state index is 11.2. The quantitative estimate of drug-likeness (QED) is 0.929. The van der Waals surface area contributed by atoms with E-state index in [2.05, 4.69) is 43.0 Å². The minimum Gasteiger partial charge on any atom is -0.481 e. The van der Waals surface area contributed by atoms with Crippen LogP contribution in [0.25, 0.3) is 11.3 Å². The molecule has 122 valence electrons. The van der Waals surface area contributed by atoms with Gasteiger partial charge >= 0.3 is 5.97 Å². The first-order valence-corrected chi connectivity index (χ1v) is 8.15. The summed E-state index contributed by atoms with van der Waals surface area (Å²) in [6.45, 7) is 5.48. The van der Waals surface area contributed by atoms with Gasteiger partial charge in [-0.15, -0.1) is 0 Å². The van der Waals surface area contributed by atoms with Crippen LogP contribution in [0.15, 0.2) is 40.8 Å². The van der Waals surface area contributed by atoms with Gasteiger partial charge in [-0.2, -0.15) is 0 Å². The van der Waals surface area contributed by atoms with E-state index in [0.29, 0.717) is 19.1 Å². The zero-order valence-corrected chi connectivity index (χ0v) is 13.7. The number of carbonyl (C=O) groups is 1. The van der Waals surface area contributed by atoms with Gasteiger partial charge in [0.1, 0.15) is 11.5 Å². The molecule has 1 aliphatic heterocycles. The highest BCUT2D eigenvalue weighted by molar-refractivity contribution is 5.70. The van der Waals surface area contributed by atoms with Crippen LogP contribution in [0.5, 0.6) is 0 Å². The first-order valence-electron chi connectivity index (χ1n) is 8.15. The number of likely N-dealkylation sites (tertiary alicyclic amines) is 1. The highest BCUT2D eigenvalue weighted by Gasteiger charge is 2.30. The van der Waals surface area contributed by atoms with Gasteiger partial charge in [-0.05, 0) is 38.8 Å². The SMILES string of the molecule is Cc1ccc(-c2ccc(CN3CC(C(=O)O)CCC3C)o2)cc1. The van der Waals surface area contributed by atoms with Crippen molar-refractivity contribution in [3.05, 3.63) is 47.7 Å². The summed E-state index contributed by atoms with van der Waals surface area (Å²) < 4.78 is 5.97. The third-order valence-electron chi connectivity index (χ3n) is 4.72. The fourth-order valence-electron chi connectivity index (χ4n) is 3.14. The monoisotopic (exact) mass is 313 g/mol. The van der Waals surface area contributed by atoms with Crippen molar-refractivity contribution in [1.29, 1.82) is 0 Å². The molecule has 23 heavy (non-hydrogen) atoms. The molecule has 0 amide bonds. The van der Waals surface area contributed by atoms with Crippen LogP contribution in [0.1, 0.15) is 31.1 Å². The lowest BCUT2D eigenvalue weighted by atomic mass is 9.93. The van der Waals surface area contributed by atoms with E-state index in [9.17, 15) is 9.90 Å². The van der Waals surface area contributed by atoms with Crippen LogP contribution < -0.4 is 0 Å². The van der Waals surface area contributed by atoms with Crippen LogP contribution in [0.2, 0.25) is 0 Å². The molecule has 1 aromatic carbocycles. The molecule has 1 aromatic heterocycles. The lowest BCUT2D eigenvalue weighted by Crippen LogP contribution is -2.43. The summed E-state index contributed by atoms with van der Waals surface area (Å²) >= 11 is 0. The van der Waals surface area contributed by atoms with Gasteiger partial charge in [0.25, 0.3) is 0 Å². The fourth-order valence-corrected chi connectivity index (χ4v) is 3.14. The fraction of sp³-hybridized carbons (Fsp3) is 0.421. The zero-order valence-electron chi connectivity index (χ0n) is 13.7. The zero-order chi connectivity index (χ0) is 16.4. The van der Waals surface area contributed by atoms with Crippen molar-refractivity contribution in [2.75, 3.05) is 6.54 Å². The molecule has 0 bridgehead atoms. The summed E-state index contributed by atoms with van der Waals surface area (Å²) in [7, 11) is 0. The number of hydrogen-bond acceptors (Lipinski definition) is 3. The molecule has 1 fully saturated rings. The Bertz CT molecular complexity index is 674. The minimum atomic E-state index is -0.693. The Morgan fingerprint density at radius 2 is 1.96 bits per heavy atom. The van der Waals surface area contributed by atoms with Crippen molar-refractivity contribution in [2.24, 2.45) is 5.92 Å². The number of carboxylic acid groups (broad SMARTS) is 1. The molecule has 4 heteroatoms. The summed E-state index contributed by atoms with van der Waals surface area (Å²) in [5.41, 5.74) is 2.29. The van der Waals surface area contributed by atoms with Crippen LogP contribution in [-0.2, 0) is 11.3 Å². The second kappa shape index (κ2) is 6.59. The lowest BCUT2D eigenvalue weighted by molar-refractivity contribution is -0.144. The van der Waals surface area contributed by atoms with Crippen molar-refractivity contribution in [1.82, 2.24) is 4.90 Å². The lowest BCUT2D eigenvalue weighted by Gasteiger charge is -2.35. The van der Waals surface area contributed by atoms with Crippen LogP contribution in [0.4, 0.5) is 0 Å². The molecule has 4 nitrogen and oxygen atoms in total. The Morgan fingerprint density at radius 3 is 2.65 bits per heavy atom. The van der Waals surface area contributed by atoms with Gasteiger partial charge in [0.2, 0.25) is 0 Å². The van der Waals surface area contributed by atoms with Crippen molar-refractivity contribution in [3.8, 4) is 11.3 Å². The van der Waals surface area contributed by atoms with Gasteiger partial charge in [0.05, 0.1) is 12.5 Å². The van der Waals surface area contributed by atoms with Gasteiger partial charge in [0.15, 0.2) is 0 Å². The van der Waals surface area contributed by atoms with E-state index >= 15 is 0 Å². The standard InChI is InChI=1S/C19H23NO3/c1-13-3-6-15(7-4-13)18-10-9-17(23-18)12-20-11-16(19(21)22)8-5-14(20)2/h3-4,6-7,9-10,14,16H,5,8,11-12H2,1-2H3,(H,21,22). The van der Waals surface area contributed by atoms with Gasteiger partial charge < -0.3 is 9.52 Å². The summed E-state index contributed by atoms with van der Waals surface area (Å²) in [4.78, 5) is 13.4. The van der Waals surface area contributed by atoms with E-state index in [1.54, 1.807) is 0 Å². The van der Waals surface area contributed by atoms with Gasteiger partial charge in [0, 0.05) is 18.2 Å². The number of nitrogens with zero attached hydrogens (tertiary/aromatic N) is 1. The van der Waals surface area contributed by atoms with Gasteiger partial charge in [-0.3, -0.25) is 9.69 Å². The summed E-state index contributed by atoms with van der Waals surface area (Å²) in [5, 5.41) is 9.23. The molecular weight excluding hydrogens is 290 g/mol. The number of piperidine rings is 1. The van der Waals surface area contributed by atoms with Gasteiger partial charge in [-0.1, -0.05) is 29.8 Å². The summed E-state index contributed by atoms with van der Waals surface area (Å²) in [5.74, 6) is 0.789. The number of aryl methyl sites for hydroxylation is 1. The topological polar surface area (TPSA) is 53.7 Å². The van der Waals surface area contributed by atoms with E-state index in [0.717, 1.165) is 29.9 Å². The Morgan fingerprint density at radius 1 is 1.22 bits per heavy atom. The number of aliphatic carboxylic acids is 1. The molecule has 2 unspecified atom stereocenters. The van der Waals surface area contributed by atoms with Crippen LogP contribution >= 0.6 is 0 Å². The Labute approximate surface area is 136 Å². The number of rotatable bonds is 4. The molecule has 2 atom stereocenters. The smallest absolute Gasteiger partial charge is 0.307 e. The number of carboxylic acids is 1. The number of hydrogen-bond donors (Lipinski definition) is 1. The molecular formula is C19H23NO3. The molecule has 1 saturated heterocycles. The third-order valence-corrected chi connectivity index (χ3v) is 4.72. The second-order valence-electron chi connectivity index (χ2n) is 6.52. The Kier molecular flexibility index (Phi) is 4.53. The average Bonchev–Trinajstić information content (AvgIpc) is 2.98. The molecule has 2 heterocycles. The highest BCUT2D eigenvalue weighted by Crippen LogP contribution is 2.27. The van der Waals surface area contributed by atoms with E-state index in [1.165, 1.54) is 5.56 Å². The van der Waals surface area contributed by atoms with Gasteiger partial charge in [-0.25, -0.2) is 0 Å². The molecule has 3 rings (SSSR count). The molecule has 0 spiro atoms. The predicted octanol–water partition coefficient (Wildman–Crippen LogP) is 3.94. The van der Waals surface area contributed by atoms with Crippen LogP contribution in [0.3, 0.4) is 0 Å². The largest absolute Gasteiger partial charge is 0.481 e. The van der Waals surface area contributed by atoms with Crippen molar-refractivity contribution in [2.45, 2.75) is 39.3 Å². The van der Waals surface area contributed by atoms with E-state index < -0.39 is 5.97 Å². The molecule has 2 aromatic rings. The highest BCUT2D eigenvalue weighted by atomic mass is 16.4. The van der Waals surface area contributed by atoms with E-state index in [1.807, 2.05) is 12.1 Å². The summed E-state index contributed by atoms with van der Waals surface area (Å²) in [6.07, 6.45) is 1.68. The van der Waals surface area contributed by atoms with E-state index in [-0.39, 0.29) is 5.92 Å². The Hall–Kier alpha value is -2.07. The molecule has 1 N–H and O–H groups in total. The summed E-state index contributed by atoms with van der Waals surface area (Å²) in [6, 6.07) is 12.6. The Balaban J connectivity index is 1.70. The van der Waals surface area contributed by atoms with Crippen molar-refractivity contribution < 1.29 is 14.3 Å². The normalized spacial score (nSPS) is 22.2. The average molecular weight is 313 g/mol. The maximum Gasteiger partial charge on any atom is 0.307 e. The number of benzene rings is 1. The molecule has 1 aliphatic rings. The third kappa shape index (κ3) is 3.64. The number of furan rings is 1. The second-order valence-corrected chi connectivity index (χ2v) is 6.52.